The van der Waals surface area contributed by atoms with Crippen LogP contribution in [0.5, 0.6) is 0 Å². The van der Waals surface area contributed by atoms with Gasteiger partial charge in [0.1, 0.15) is 0 Å². The fourth-order valence-electron chi connectivity index (χ4n) is 3.98. The molecule has 3 rings (SSSR count). The molecule has 0 radical (unpaired) electrons. The molecule has 0 aromatic heterocycles. The van der Waals surface area contributed by atoms with Gasteiger partial charge in [-0.25, -0.2) is 0 Å². The number of carbonyl (C=O) groups excluding carboxylic acids is 1. The molecule has 0 amide bonds. The minimum atomic E-state index is 0.0867. The zero-order chi connectivity index (χ0) is 22.3. The number of aryl methyl sites for hydroxylation is 1. The smallest absolute Gasteiger partial charge is 0.159 e. The summed E-state index contributed by atoms with van der Waals surface area (Å²) in [6, 6.07) is 28.9. The van der Waals surface area contributed by atoms with Crippen molar-refractivity contribution in [1.29, 1.82) is 0 Å². The lowest BCUT2D eigenvalue weighted by atomic mass is 9.80. The Hall–Kier alpha value is -3.15. The number of hydrogen-bond donors (Lipinski definition) is 0. The van der Waals surface area contributed by atoms with E-state index in [1.165, 1.54) is 11.1 Å². The first-order chi connectivity index (χ1) is 14.8. The average molecular weight is 409 g/mol. The normalized spacial score (nSPS) is 11.0. The summed E-state index contributed by atoms with van der Waals surface area (Å²) in [6.07, 6.45) is 3.20. The molecular weight excluding hydrogens is 376 g/mol. The van der Waals surface area contributed by atoms with Gasteiger partial charge >= 0.3 is 0 Å². The Morgan fingerprint density at radius 1 is 0.742 bits per heavy atom. The SMILES string of the molecule is CC(=O)c1ccc(C(=C=C(C)CC(C)(C)CCc2ccccc2)c2ccccc2)cc1. The average Bonchev–Trinajstić information content (AvgIpc) is 2.77. The van der Waals surface area contributed by atoms with Crippen LogP contribution in [0.4, 0.5) is 0 Å². The Bertz CT molecular complexity index is 1060. The molecular formula is C30H32O. The molecule has 0 N–H and O–H groups in total. The van der Waals surface area contributed by atoms with E-state index in [2.05, 4.69) is 81.1 Å². The van der Waals surface area contributed by atoms with Crippen LogP contribution in [0.2, 0.25) is 0 Å². The van der Waals surface area contributed by atoms with Crippen LogP contribution < -0.4 is 0 Å². The van der Waals surface area contributed by atoms with Gasteiger partial charge in [-0.15, -0.1) is 5.73 Å². The summed E-state index contributed by atoms with van der Waals surface area (Å²) in [4.78, 5) is 11.7. The van der Waals surface area contributed by atoms with Crippen LogP contribution in [0, 0.1) is 5.41 Å². The second-order valence-corrected chi connectivity index (χ2v) is 9.11. The zero-order valence-corrected chi connectivity index (χ0v) is 19.1. The number of hydrogen-bond acceptors (Lipinski definition) is 1. The summed E-state index contributed by atoms with van der Waals surface area (Å²) in [5.41, 5.74) is 10.6. The van der Waals surface area contributed by atoms with E-state index in [4.69, 9.17) is 0 Å². The molecule has 3 aromatic carbocycles. The van der Waals surface area contributed by atoms with Gasteiger partial charge in [-0.05, 0) is 60.8 Å². The van der Waals surface area contributed by atoms with E-state index in [1.54, 1.807) is 6.92 Å². The van der Waals surface area contributed by atoms with Crippen molar-refractivity contribution in [3.05, 3.63) is 118 Å². The number of rotatable bonds is 8. The lowest BCUT2D eigenvalue weighted by Crippen LogP contribution is -2.13. The van der Waals surface area contributed by atoms with Crippen molar-refractivity contribution >= 4 is 11.4 Å². The predicted molar refractivity (Wildman–Crippen MR) is 131 cm³/mol. The van der Waals surface area contributed by atoms with Gasteiger partial charge in [-0.1, -0.05) is 98.8 Å². The van der Waals surface area contributed by atoms with Crippen molar-refractivity contribution in [2.45, 2.75) is 47.0 Å². The first kappa shape index (κ1) is 22.5. The van der Waals surface area contributed by atoms with Gasteiger partial charge in [0, 0.05) is 11.1 Å². The molecule has 0 aliphatic rings. The van der Waals surface area contributed by atoms with E-state index in [0.717, 1.165) is 41.5 Å². The molecule has 158 valence electrons. The monoisotopic (exact) mass is 408 g/mol. The molecule has 3 aromatic rings. The molecule has 0 unspecified atom stereocenters. The van der Waals surface area contributed by atoms with Crippen LogP contribution in [0.25, 0.3) is 5.57 Å². The maximum Gasteiger partial charge on any atom is 0.159 e. The van der Waals surface area contributed by atoms with Crippen molar-refractivity contribution in [3.8, 4) is 0 Å². The number of Topliss-reactive ketones (excluding diaryl/α,β-unsaturated/α-hetero) is 1. The Labute approximate surface area is 187 Å². The van der Waals surface area contributed by atoms with Crippen molar-refractivity contribution in [3.63, 3.8) is 0 Å². The van der Waals surface area contributed by atoms with E-state index >= 15 is 0 Å². The molecule has 0 aliphatic heterocycles. The number of ketones is 1. The van der Waals surface area contributed by atoms with Gasteiger partial charge in [0.25, 0.3) is 0 Å². The van der Waals surface area contributed by atoms with Crippen LogP contribution in [0.15, 0.2) is 96.2 Å². The van der Waals surface area contributed by atoms with Gasteiger partial charge in [0.2, 0.25) is 0 Å². The molecule has 31 heavy (non-hydrogen) atoms. The van der Waals surface area contributed by atoms with E-state index in [-0.39, 0.29) is 11.2 Å². The molecule has 0 spiro atoms. The van der Waals surface area contributed by atoms with Gasteiger partial charge in [-0.3, -0.25) is 4.79 Å². The van der Waals surface area contributed by atoms with E-state index in [9.17, 15) is 4.79 Å². The highest BCUT2D eigenvalue weighted by molar-refractivity contribution is 5.94. The van der Waals surface area contributed by atoms with Crippen molar-refractivity contribution in [2.24, 2.45) is 5.41 Å². The summed E-state index contributed by atoms with van der Waals surface area (Å²) in [7, 11) is 0. The second kappa shape index (κ2) is 10.2. The van der Waals surface area contributed by atoms with Crippen molar-refractivity contribution < 1.29 is 4.79 Å². The van der Waals surface area contributed by atoms with Crippen LogP contribution in [0.1, 0.15) is 67.6 Å². The van der Waals surface area contributed by atoms with E-state index in [1.807, 2.05) is 30.3 Å². The van der Waals surface area contributed by atoms with Crippen LogP contribution in [-0.2, 0) is 6.42 Å². The van der Waals surface area contributed by atoms with Gasteiger partial charge in [0.15, 0.2) is 5.78 Å². The summed E-state index contributed by atoms with van der Waals surface area (Å²) in [5.74, 6) is 0.0867. The molecule has 0 saturated heterocycles. The van der Waals surface area contributed by atoms with Gasteiger partial charge in [-0.2, -0.15) is 0 Å². The second-order valence-electron chi connectivity index (χ2n) is 9.11. The maximum atomic E-state index is 11.7. The molecule has 0 atom stereocenters. The fourth-order valence-corrected chi connectivity index (χ4v) is 3.98. The highest BCUT2D eigenvalue weighted by atomic mass is 16.1. The standard InChI is InChI=1S/C30H32O/c1-23(22-30(3,4)20-19-25-11-7-5-8-12-25)21-29(27-13-9-6-10-14-27)28-17-15-26(16-18-28)24(2)31/h5-18H,19-20,22H2,1-4H3. The highest BCUT2D eigenvalue weighted by Gasteiger charge is 2.18. The van der Waals surface area contributed by atoms with E-state index in [0.29, 0.717) is 0 Å². The largest absolute Gasteiger partial charge is 0.295 e. The Balaban J connectivity index is 1.89. The van der Waals surface area contributed by atoms with Crippen molar-refractivity contribution in [2.75, 3.05) is 0 Å². The summed E-state index contributed by atoms with van der Waals surface area (Å²) in [5, 5.41) is 0. The van der Waals surface area contributed by atoms with Crippen molar-refractivity contribution in [1.82, 2.24) is 0 Å². The Morgan fingerprint density at radius 3 is 1.84 bits per heavy atom. The third-order valence-electron chi connectivity index (χ3n) is 5.66. The van der Waals surface area contributed by atoms with Gasteiger partial charge < -0.3 is 0 Å². The number of benzene rings is 3. The van der Waals surface area contributed by atoms with Gasteiger partial charge in [0.05, 0.1) is 0 Å². The number of allylic oxidation sites excluding steroid dienone is 1. The topological polar surface area (TPSA) is 17.1 Å². The molecule has 0 fully saturated rings. The van der Waals surface area contributed by atoms with Crippen LogP contribution in [0.3, 0.4) is 0 Å². The number of carbonyl (C=O) groups is 1. The molecule has 1 nitrogen and oxygen atoms in total. The third kappa shape index (κ3) is 6.67. The lowest BCUT2D eigenvalue weighted by molar-refractivity contribution is 0.101. The Morgan fingerprint density at radius 2 is 1.26 bits per heavy atom. The zero-order valence-electron chi connectivity index (χ0n) is 19.1. The quantitative estimate of drug-likeness (QED) is 0.273. The molecule has 1 heteroatoms. The maximum absolute atomic E-state index is 11.7. The third-order valence-corrected chi connectivity index (χ3v) is 5.66. The molecule has 0 saturated carbocycles. The lowest BCUT2D eigenvalue weighted by Gasteiger charge is -2.24. The minimum Gasteiger partial charge on any atom is -0.295 e. The van der Waals surface area contributed by atoms with E-state index < -0.39 is 0 Å². The molecule has 0 aliphatic carbocycles. The summed E-state index contributed by atoms with van der Waals surface area (Å²) < 4.78 is 0. The first-order valence-electron chi connectivity index (χ1n) is 11.0. The first-order valence-corrected chi connectivity index (χ1v) is 11.0. The fraction of sp³-hybridized carbons (Fsp3) is 0.267. The summed E-state index contributed by atoms with van der Waals surface area (Å²) >= 11 is 0. The summed E-state index contributed by atoms with van der Waals surface area (Å²) in [6.45, 7) is 8.46. The predicted octanol–water partition coefficient (Wildman–Crippen LogP) is 7.92. The molecule has 0 heterocycles. The van der Waals surface area contributed by atoms with Crippen LogP contribution >= 0.6 is 0 Å². The van der Waals surface area contributed by atoms with Crippen LogP contribution in [-0.4, -0.2) is 5.78 Å². The highest BCUT2D eigenvalue weighted by Crippen LogP contribution is 2.31. The Kier molecular flexibility index (Phi) is 7.45. The molecule has 0 bridgehead atoms. The minimum absolute atomic E-state index is 0.0867.